The number of rotatable bonds is 5. The van der Waals surface area contributed by atoms with Crippen molar-refractivity contribution in [1.82, 2.24) is 10.2 Å². The predicted molar refractivity (Wildman–Crippen MR) is 91.9 cm³/mol. The van der Waals surface area contributed by atoms with Gasteiger partial charge in [0.1, 0.15) is 6.04 Å². The minimum atomic E-state index is -3.55. The van der Waals surface area contributed by atoms with Gasteiger partial charge in [0.15, 0.2) is 0 Å². The molecule has 0 spiro atoms. The van der Waals surface area contributed by atoms with Crippen molar-refractivity contribution in [3.8, 4) is 0 Å². The summed E-state index contributed by atoms with van der Waals surface area (Å²) in [4.78, 5) is 14.7. The van der Waals surface area contributed by atoms with E-state index in [1.807, 2.05) is 6.07 Å². The molecule has 23 heavy (non-hydrogen) atoms. The summed E-state index contributed by atoms with van der Waals surface area (Å²) in [6, 6.07) is 8.04. The van der Waals surface area contributed by atoms with Crippen molar-refractivity contribution in [1.29, 1.82) is 0 Å². The highest BCUT2D eigenvalue weighted by Gasteiger charge is 2.30. The topological polar surface area (TPSA) is 69.7 Å². The maximum Gasteiger partial charge on any atom is 0.243 e. The van der Waals surface area contributed by atoms with Crippen LogP contribution in [0.4, 0.5) is 5.69 Å². The van der Waals surface area contributed by atoms with Gasteiger partial charge in [-0.25, -0.2) is 8.42 Å². The van der Waals surface area contributed by atoms with Crippen molar-refractivity contribution >= 4 is 21.6 Å². The maximum atomic E-state index is 12.5. The number of amides is 1. The number of nitrogens with one attached hydrogen (secondary N) is 1. The van der Waals surface area contributed by atoms with Gasteiger partial charge in [-0.3, -0.25) is 9.10 Å². The largest absolute Gasteiger partial charge is 0.351 e. The number of nitrogens with zero attached hydrogens (tertiary/aromatic N) is 2. The van der Waals surface area contributed by atoms with Gasteiger partial charge in [-0.05, 0) is 52.0 Å². The van der Waals surface area contributed by atoms with E-state index in [0.717, 1.165) is 32.2 Å². The second kappa shape index (κ2) is 7.31. The Morgan fingerprint density at radius 1 is 1.26 bits per heavy atom. The molecule has 2 rings (SSSR count). The van der Waals surface area contributed by atoms with Crippen molar-refractivity contribution in [2.24, 2.45) is 0 Å². The Morgan fingerprint density at radius 2 is 1.83 bits per heavy atom. The highest BCUT2D eigenvalue weighted by Crippen LogP contribution is 2.20. The van der Waals surface area contributed by atoms with E-state index in [1.54, 1.807) is 31.2 Å². The number of hydrogen-bond acceptors (Lipinski definition) is 4. The van der Waals surface area contributed by atoms with Crippen molar-refractivity contribution in [3.05, 3.63) is 30.3 Å². The number of anilines is 1. The summed E-state index contributed by atoms with van der Waals surface area (Å²) in [5.74, 6) is -0.256. The fourth-order valence-electron chi connectivity index (χ4n) is 2.86. The Hall–Kier alpha value is -1.60. The first kappa shape index (κ1) is 17.7. The third-order valence-corrected chi connectivity index (χ3v) is 5.41. The number of benzene rings is 1. The van der Waals surface area contributed by atoms with Gasteiger partial charge in [0.2, 0.25) is 15.9 Å². The Labute approximate surface area is 138 Å². The molecule has 1 saturated heterocycles. The average Bonchev–Trinajstić information content (AvgIpc) is 2.49. The van der Waals surface area contributed by atoms with Gasteiger partial charge in [0.05, 0.1) is 11.9 Å². The van der Waals surface area contributed by atoms with Gasteiger partial charge in [0, 0.05) is 6.04 Å². The fraction of sp³-hybridized carbons (Fsp3) is 0.562. The molecule has 1 fully saturated rings. The van der Waals surface area contributed by atoms with Gasteiger partial charge < -0.3 is 10.2 Å². The zero-order valence-corrected chi connectivity index (χ0v) is 14.7. The molecule has 0 unspecified atom stereocenters. The van der Waals surface area contributed by atoms with Gasteiger partial charge in [-0.1, -0.05) is 18.2 Å². The fourth-order valence-corrected chi connectivity index (χ4v) is 4.03. The van der Waals surface area contributed by atoms with Gasteiger partial charge in [-0.15, -0.1) is 0 Å². The lowest BCUT2D eigenvalue weighted by Gasteiger charge is -2.32. The highest BCUT2D eigenvalue weighted by atomic mass is 32.2. The maximum absolute atomic E-state index is 12.5. The van der Waals surface area contributed by atoms with E-state index in [4.69, 9.17) is 0 Å². The third kappa shape index (κ3) is 4.68. The van der Waals surface area contributed by atoms with Crippen LogP contribution >= 0.6 is 0 Å². The van der Waals surface area contributed by atoms with Crippen LogP contribution in [-0.2, 0) is 14.8 Å². The normalized spacial score (nSPS) is 18.4. The molecule has 1 N–H and O–H groups in total. The molecule has 1 aliphatic heterocycles. The van der Waals surface area contributed by atoms with Crippen LogP contribution in [0.1, 0.15) is 19.8 Å². The van der Waals surface area contributed by atoms with Crippen LogP contribution in [0, 0.1) is 0 Å². The number of piperidine rings is 1. The van der Waals surface area contributed by atoms with E-state index < -0.39 is 16.1 Å². The van der Waals surface area contributed by atoms with Crippen LogP contribution in [0.3, 0.4) is 0 Å². The average molecular weight is 339 g/mol. The summed E-state index contributed by atoms with van der Waals surface area (Å²) in [5, 5.41) is 2.99. The van der Waals surface area contributed by atoms with Crippen LogP contribution in [0.15, 0.2) is 30.3 Å². The van der Waals surface area contributed by atoms with E-state index in [1.165, 1.54) is 4.31 Å². The predicted octanol–water partition coefficient (Wildman–Crippen LogP) is 1.05. The van der Waals surface area contributed by atoms with Crippen LogP contribution in [0.5, 0.6) is 0 Å². The number of carbonyl (C=O) groups excluding carboxylic acids is 1. The first-order valence-corrected chi connectivity index (χ1v) is 9.67. The van der Waals surface area contributed by atoms with Crippen molar-refractivity contribution < 1.29 is 13.2 Å². The lowest BCUT2D eigenvalue weighted by Crippen LogP contribution is -2.52. The lowest BCUT2D eigenvalue weighted by atomic mass is 10.1. The second-order valence-electron chi connectivity index (χ2n) is 6.16. The molecule has 0 bridgehead atoms. The number of para-hydroxylation sites is 1. The number of carbonyl (C=O) groups is 1. The molecule has 0 radical (unpaired) electrons. The minimum Gasteiger partial charge on any atom is -0.351 e. The molecule has 7 heteroatoms. The number of likely N-dealkylation sites (tertiary alicyclic amines) is 1. The summed E-state index contributed by atoms with van der Waals surface area (Å²) in [5.41, 5.74) is 0.501. The summed E-state index contributed by atoms with van der Waals surface area (Å²) >= 11 is 0. The number of hydrogen-bond donors (Lipinski definition) is 1. The standard InChI is InChI=1S/C16H25N3O3S/c1-13(16(20)17-14-9-11-18(2)12-10-14)19(23(3,21)22)15-7-5-4-6-8-15/h4-8,13-14H,9-12H2,1-3H3,(H,17,20)/t13-/m0/s1. The molecule has 1 atom stereocenters. The van der Waals surface area contributed by atoms with E-state index in [9.17, 15) is 13.2 Å². The monoisotopic (exact) mass is 339 g/mol. The molecule has 1 heterocycles. The van der Waals surface area contributed by atoms with Gasteiger partial charge >= 0.3 is 0 Å². The molecule has 128 valence electrons. The molecular formula is C16H25N3O3S. The zero-order chi connectivity index (χ0) is 17.0. The van der Waals surface area contributed by atoms with Gasteiger partial charge in [0.25, 0.3) is 0 Å². The van der Waals surface area contributed by atoms with E-state index in [-0.39, 0.29) is 11.9 Å². The second-order valence-corrected chi connectivity index (χ2v) is 8.02. The molecule has 6 nitrogen and oxygen atoms in total. The summed E-state index contributed by atoms with van der Waals surface area (Å²) in [7, 11) is -1.49. The Morgan fingerprint density at radius 3 is 2.35 bits per heavy atom. The lowest BCUT2D eigenvalue weighted by molar-refractivity contribution is -0.122. The minimum absolute atomic E-state index is 0.110. The first-order valence-electron chi connectivity index (χ1n) is 7.82. The molecule has 1 aromatic carbocycles. The van der Waals surface area contributed by atoms with E-state index in [0.29, 0.717) is 5.69 Å². The van der Waals surface area contributed by atoms with Crippen molar-refractivity contribution in [3.63, 3.8) is 0 Å². The van der Waals surface area contributed by atoms with Crippen molar-refractivity contribution in [2.75, 3.05) is 30.7 Å². The number of sulfonamides is 1. The van der Waals surface area contributed by atoms with E-state index >= 15 is 0 Å². The molecule has 0 saturated carbocycles. The summed E-state index contributed by atoms with van der Waals surface area (Å²) < 4.78 is 25.5. The summed E-state index contributed by atoms with van der Waals surface area (Å²) in [6.07, 6.45) is 2.90. The van der Waals surface area contributed by atoms with Crippen LogP contribution < -0.4 is 9.62 Å². The quantitative estimate of drug-likeness (QED) is 0.871. The Kier molecular flexibility index (Phi) is 5.64. The van der Waals surface area contributed by atoms with Crippen LogP contribution in [-0.4, -0.2) is 57.7 Å². The molecule has 1 aromatic rings. The van der Waals surface area contributed by atoms with Gasteiger partial charge in [-0.2, -0.15) is 0 Å². The molecular weight excluding hydrogens is 314 g/mol. The van der Waals surface area contributed by atoms with E-state index in [2.05, 4.69) is 17.3 Å². The van der Waals surface area contributed by atoms with Crippen LogP contribution in [0.2, 0.25) is 0 Å². The Balaban J connectivity index is 2.11. The molecule has 1 amide bonds. The highest BCUT2D eigenvalue weighted by molar-refractivity contribution is 7.92. The Bertz CT molecular complexity index is 625. The zero-order valence-electron chi connectivity index (χ0n) is 13.9. The van der Waals surface area contributed by atoms with Crippen molar-refractivity contribution in [2.45, 2.75) is 31.8 Å². The molecule has 0 aromatic heterocycles. The third-order valence-electron chi connectivity index (χ3n) is 4.16. The smallest absolute Gasteiger partial charge is 0.243 e. The molecule has 1 aliphatic rings. The SMILES string of the molecule is C[C@@H](C(=O)NC1CCN(C)CC1)N(c1ccccc1)S(C)(=O)=O. The first-order chi connectivity index (χ1) is 10.8. The summed E-state index contributed by atoms with van der Waals surface area (Å²) in [6.45, 7) is 3.50. The molecule has 0 aliphatic carbocycles. The van der Waals surface area contributed by atoms with Crippen LogP contribution in [0.25, 0.3) is 0 Å².